The van der Waals surface area contributed by atoms with E-state index in [-0.39, 0.29) is 6.04 Å². The molecule has 29 heavy (non-hydrogen) atoms. The number of likely N-dealkylation sites (tertiary alicyclic amines) is 1. The Kier molecular flexibility index (Phi) is 7.18. The van der Waals surface area contributed by atoms with Gasteiger partial charge in [0.15, 0.2) is 11.7 Å². The van der Waals surface area contributed by atoms with Crippen molar-refractivity contribution in [3.8, 4) is 0 Å². The van der Waals surface area contributed by atoms with Gasteiger partial charge in [0.2, 0.25) is 0 Å². The quantitative estimate of drug-likeness (QED) is 0.520. The number of aromatic nitrogens is 1. The number of aryl methyl sites for hydroxylation is 1. The van der Waals surface area contributed by atoms with Gasteiger partial charge >= 0.3 is 6.18 Å². The standard InChI is InChI=1S/C19H26F3N5OS/c1-13-5-6-15(28-13)14(27-9-3-4-10-27)11-25-18(23-2)24-8-7-17-26-16(12-29-17)19(20,21)22/h5-6,12,14H,3-4,7-11H2,1-2H3,(H2,23,24,25). The summed E-state index contributed by atoms with van der Waals surface area (Å²) in [6.07, 6.45) is -1.64. The number of halogens is 3. The number of thiazole rings is 1. The van der Waals surface area contributed by atoms with Crippen LogP contribution in [-0.2, 0) is 12.6 Å². The summed E-state index contributed by atoms with van der Waals surface area (Å²) in [7, 11) is 1.67. The number of hydrogen-bond acceptors (Lipinski definition) is 5. The van der Waals surface area contributed by atoms with Crippen LogP contribution in [0.15, 0.2) is 26.9 Å². The van der Waals surface area contributed by atoms with Crippen molar-refractivity contribution in [2.45, 2.75) is 38.4 Å². The number of rotatable bonds is 7. The normalized spacial score (nSPS) is 16.9. The van der Waals surface area contributed by atoms with Gasteiger partial charge in [-0.1, -0.05) is 0 Å². The zero-order valence-corrected chi connectivity index (χ0v) is 17.4. The SMILES string of the molecule is CN=C(NCCc1nc(C(F)(F)F)cs1)NCC(c1ccc(C)o1)N1CCCC1. The summed E-state index contributed by atoms with van der Waals surface area (Å²) in [4.78, 5) is 10.3. The molecule has 1 atom stereocenters. The molecule has 10 heteroatoms. The lowest BCUT2D eigenvalue weighted by molar-refractivity contribution is -0.140. The van der Waals surface area contributed by atoms with Crippen LogP contribution in [0.25, 0.3) is 0 Å². The van der Waals surface area contributed by atoms with Gasteiger partial charge in [0.25, 0.3) is 0 Å². The molecule has 3 heterocycles. The summed E-state index contributed by atoms with van der Waals surface area (Å²) >= 11 is 1.02. The maximum Gasteiger partial charge on any atom is 0.434 e. The predicted octanol–water partition coefficient (Wildman–Crippen LogP) is 3.61. The molecule has 6 nitrogen and oxygen atoms in total. The third kappa shape index (κ3) is 5.96. The van der Waals surface area contributed by atoms with E-state index < -0.39 is 11.9 Å². The van der Waals surface area contributed by atoms with Gasteiger partial charge in [-0.05, 0) is 45.0 Å². The smallest absolute Gasteiger partial charge is 0.434 e. The van der Waals surface area contributed by atoms with Crippen LogP contribution in [0.3, 0.4) is 0 Å². The van der Waals surface area contributed by atoms with Crippen molar-refractivity contribution in [2.75, 3.05) is 33.2 Å². The van der Waals surface area contributed by atoms with Crippen molar-refractivity contribution in [3.05, 3.63) is 39.7 Å². The fourth-order valence-corrected chi connectivity index (χ4v) is 4.16. The van der Waals surface area contributed by atoms with Crippen LogP contribution in [0.5, 0.6) is 0 Å². The second-order valence-electron chi connectivity index (χ2n) is 6.96. The lowest BCUT2D eigenvalue weighted by atomic mass is 10.2. The van der Waals surface area contributed by atoms with Gasteiger partial charge in [-0.3, -0.25) is 9.89 Å². The molecule has 0 spiro atoms. The van der Waals surface area contributed by atoms with Gasteiger partial charge in [-0.2, -0.15) is 13.2 Å². The molecule has 160 valence electrons. The third-order valence-corrected chi connectivity index (χ3v) is 5.74. The average molecular weight is 430 g/mol. The molecule has 1 saturated heterocycles. The first-order valence-corrected chi connectivity index (χ1v) is 10.5. The van der Waals surface area contributed by atoms with Crippen molar-refractivity contribution in [1.29, 1.82) is 0 Å². The van der Waals surface area contributed by atoms with Crippen molar-refractivity contribution < 1.29 is 17.6 Å². The molecule has 2 aromatic rings. The Morgan fingerprint density at radius 2 is 2.07 bits per heavy atom. The van der Waals surface area contributed by atoms with Crippen molar-refractivity contribution >= 4 is 17.3 Å². The Hall–Kier alpha value is -2.07. The van der Waals surface area contributed by atoms with Gasteiger partial charge in [-0.15, -0.1) is 11.3 Å². The molecule has 0 aliphatic carbocycles. The zero-order valence-electron chi connectivity index (χ0n) is 16.6. The second-order valence-corrected chi connectivity index (χ2v) is 7.90. The minimum Gasteiger partial charge on any atom is -0.465 e. The molecule has 1 aliphatic heterocycles. The van der Waals surface area contributed by atoms with Crippen LogP contribution < -0.4 is 10.6 Å². The number of furan rings is 1. The first-order chi connectivity index (χ1) is 13.9. The highest BCUT2D eigenvalue weighted by Gasteiger charge is 2.33. The Morgan fingerprint density at radius 3 is 2.66 bits per heavy atom. The van der Waals surface area contributed by atoms with Gasteiger partial charge in [0.05, 0.1) is 11.0 Å². The summed E-state index contributed by atoms with van der Waals surface area (Å²) in [5.41, 5.74) is -0.831. The largest absolute Gasteiger partial charge is 0.465 e. The molecule has 2 aromatic heterocycles. The minimum absolute atomic E-state index is 0.109. The Labute approximate surface area is 172 Å². The van der Waals surface area contributed by atoms with Crippen molar-refractivity contribution in [3.63, 3.8) is 0 Å². The molecule has 0 saturated carbocycles. The zero-order chi connectivity index (χ0) is 20.9. The van der Waals surface area contributed by atoms with Crippen molar-refractivity contribution in [1.82, 2.24) is 20.5 Å². The number of nitrogens with one attached hydrogen (secondary N) is 2. The maximum absolute atomic E-state index is 12.6. The lowest BCUT2D eigenvalue weighted by Gasteiger charge is -2.26. The number of aliphatic imine (C=N–C) groups is 1. The summed E-state index contributed by atoms with van der Waals surface area (Å²) in [5.74, 6) is 2.41. The Morgan fingerprint density at radius 1 is 1.31 bits per heavy atom. The molecule has 0 aromatic carbocycles. The van der Waals surface area contributed by atoms with E-state index in [9.17, 15) is 13.2 Å². The van der Waals surface area contributed by atoms with Crippen molar-refractivity contribution in [2.24, 2.45) is 4.99 Å². The number of guanidine groups is 1. The van der Waals surface area contributed by atoms with Gasteiger partial charge in [-0.25, -0.2) is 4.98 Å². The fourth-order valence-electron chi connectivity index (χ4n) is 3.35. The molecule has 0 bridgehead atoms. The molecule has 1 aliphatic rings. The Balaban J connectivity index is 1.51. The number of hydrogen-bond donors (Lipinski definition) is 2. The van der Waals surface area contributed by atoms with E-state index in [0.29, 0.717) is 30.5 Å². The van der Waals surface area contributed by atoms with Crippen LogP contribution in [0.4, 0.5) is 13.2 Å². The fraction of sp³-hybridized carbons (Fsp3) is 0.579. The summed E-state index contributed by atoms with van der Waals surface area (Å²) in [6, 6.07) is 4.09. The van der Waals surface area contributed by atoms with Crippen LogP contribution in [-0.4, -0.2) is 49.1 Å². The molecule has 0 amide bonds. The van der Waals surface area contributed by atoms with E-state index in [1.165, 1.54) is 12.8 Å². The van der Waals surface area contributed by atoms with Crippen LogP contribution >= 0.6 is 11.3 Å². The second kappa shape index (κ2) is 9.62. The van der Waals surface area contributed by atoms with Crippen LogP contribution in [0, 0.1) is 6.92 Å². The minimum atomic E-state index is -4.39. The molecular formula is C19H26F3N5OS. The highest BCUT2D eigenvalue weighted by Crippen LogP contribution is 2.30. The van der Waals surface area contributed by atoms with Gasteiger partial charge < -0.3 is 15.1 Å². The maximum atomic E-state index is 12.6. The molecular weight excluding hydrogens is 403 g/mol. The van der Waals surface area contributed by atoms with Crippen LogP contribution in [0.2, 0.25) is 0 Å². The lowest BCUT2D eigenvalue weighted by Crippen LogP contribution is -2.43. The highest BCUT2D eigenvalue weighted by molar-refractivity contribution is 7.09. The average Bonchev–Trinajstić information content (AvgIpc) is 3.42. The predicted molar refractivity (Wildman–Crippen MR) is 107 cm³/mol. The van der Waals surface area contributed by atoms with Crippen LogP contribution in [0.1, 0.15) is 41.1 Å². The topological polar surface area (TPSA) is 65.7 Å². The monoisotopic (exact) mass is 429 g/mol. The van der Waals surface area contributed by atoms with E-state index in [1.54, 1.807) is 7.05 Å². The van der Waals surface area contributed by atoms with E-state index in [0.717, 1.165) is 41.3 Å². The molecule has 3 rings (SSSR count). The van der Waals surface area contributed by atoms with Gasteiger partial charge in [0, 0.05) is 31.9 Å². The highest BCUT2D eigenvalue weighted by atomic mass is 32.1. The number of alkyl halides is 3. The number of nitrogens with zero attached hydrogens (tertiary/aromatic N) is 3. The Bertz CT molecular complexity index is 811. The molecule has 0 radical (unpaired) electrons. The third-order valence-electron chi connectivity index (χ3n) is 4.83. The van der Waals surface area contributed by atoms with Gasteiger partial charge in [0.1, 0.15) is 11.5 Å². The molecule has 2 N–H and O–H groups in total. The molecule has 1 fully saturated rings. The summed E-state index contributed by atoms with van der Waals surface area (Å²) in [5, 5.41) is 7.95. The summed E-state index contributed by atoms with van der Waals surface area (Å²) < 4.78 is 43.8. The van der Waals surface area contributed by atoms with E-state index >= 15 is 0 Å². The van der Waals surface area contributed by atoms with E-state index in [1.807, 2.05) is 19.1 Å². The summed E-state index contributed by atoms with van der Waals surface area (Å²) in [6.45, 7) is 5.06. The molecule has 1 unspecified atom stereocenters. The van der Waals surface area contributed by atoms with E-state index in [4.69, 9.17) is 4.42 Å². The first kappa shape index (κ1) is 21.6. The first-order valence-electron chi connectivity index (χ1n) is 9.63. The van der Waals surface area contributed by atoms with E-state index in [2.05, 4.69) is 25.5 Å².